The average Bonchev–Trinajstić information content (AvgIpc) is 2.56. The molecule has 0 unspecified atom stereocenters. The number of hydrogen-bond donors (Lipinski definition) is 2. The van der Waals surface area contributed by atoms with Crippen LogP contribution in [0.25, 0.3) is 0 Å². The molecule has 1 aromatic carbocycles. The van der Waals surface area contributed by atoms with Gasteiger partial charge < -0.3 is 5.32 Å². The number of carbonyl (C=O) groups is 3. The number of benzene rings is 1. The number of nitrogens with zero attached hydrogens (tertiary/aromatic N) is 1. The molecule has 23 heavy (non-hydrogen) atoms. The highest BCUT2D eigenvalue weighted by Gasteiger charge is 2.08. The van der Waals surface area contributed by atoms with Gasteiger partial charge in [0.25, 0.3) is 11.8 Å². The van der Waals surface area contributed by atoms with Crippen molar-refractivity contribution in [3.63, 3.8) is 0 Å². The third kappa shape index (κ3) is 5.16. The summed E-state index contributed by atoms with van der Waals surface area (Å²) in [5.74, 6) is -2.37. The van der Waals surface area contributed by atoms with Crippen molar-refractivity contribution in [2.45, 2.75) is 0 Å². The molecule has 0 bridgehead atoms. The van der Waals surface area contributed by atoms with Crippen molar-refractivity contribution in [3.05, 3.63) is 72.3 Å². The topological polar surface area (TPSA) is 88.2 Å². The maximum absolute atomic E-state index is 12.7. The van der Waals surface area contributed by atoms with Gasteiger partial charge in [-0.25, -0.2) is 4.39 Å². The van der Waals surface area contributed by atoms with Crippen LogP contribution < -0.4 is 10.6 Å². The zero-order valence-corrected chi connectivity index (χ0v) is 11.8. The van der Waals surface area contributed by atoms with E-state index in [9.17, 15) is 18.8 Å². The number of rotatable bonds is 4. The van der Waals surface area contributed by atoms with E-state index < -0.39 is 23.5 Å². The van der Waals surface area contributed by atoms with Gasteiger partial charge in [0.05, 0.1) is 5.56 Å². The Hall–Kier alpha value is -3.35. The van der Waals surface area contributed by atoms with Crippen molar-refractivity contribution in [1.29, 1.82) is 0 Å². The summed E-state index contributed by atoms with van der Waals surface area (Å²) in [6, 6.07) is 8.21. The lowest BCUT2D eigenvalue weighted by Gasteiger charge is -2.02. The van der Waals surface area contributed by atoms with Gasteiger partial charge in [-0.3, -0.25) is 24.7 Å². The predicted octanol–water partition coefficient (Wildman–Crippen LogP) is 1.67. The van der Waals surface area contributed by atoms with E-state index in [0.717, 1.165) is 12.2 Å². The molecule has 0 atom stereocenters. The van der Waals surface area contributed by atoms with E-state index in [1.54, 1.807) is 6.07 Å². The molecule has 3 amide bonds. The third-order valence-corrected chi connectivity index (χ3v) is 2.66. The Morgan fingerprint density at radius 3 is 2.35 bits per heavy atom. The van der Waals surface area contributed by atoms with Crippen LogP contribution in [0.2, 0.25) is 0 Å². The number of carbonyl (C=O) groups excluding carboxylic acids is 3. The van der Waals surface area contributed by atoms with E-state index in [2.05, 4.69) is 15.6 Å². The minimum atomic E-state index is -0.742. The fraction of sp³-hybridized carbons (Fsp3) is 0. The largest absolute Gasteiger partial charge is 0.323 e. The number of aromatic nitrogens is 1. The molecule has 0 fully saturated rings. The van der Waals surface area contributed by atoms with Gasteiger partial charge in [0.1, 0.15) is 5.82 Å². The standard InChI is InChI=1S/C16H12FN3O3/c17-12-3-5-13(6-4-12)19-14(21)7-8-15(22)20-16(23)11-2-1-9-18-10-11/h1-10H,(H,19,21)(H,20,22,23)/b8-7-. The second-order valence-electron chi connectivity index (χ2n) is 4.39. The molecule has 1 heterocycles. The molecule has 0 aliphatic rings. The second-order valence-corrected chi connectivity index (χ2v) is 4.39. The minimum Gasteiger partial charge on any atom is -0.323 e. The van der Waals surface area contributed by atoms with Crippen LogP contribution in [0, 0.1) is 5.82 Å². The van der Waals surface area contributed by atoms with Gasteiger partial charge in [0.15, 0.2) is 0 Å². The summed E-state index contributed by atoms with van der Waals surface area (Å²) >= 11 is 0. The molecule has 0 aliphatic heterocycles. The first-order valence-corrected chi connectivity index (χ1v) is 6.54. The van der Waals surface area contributed by atoms with Crippen molar-refractivity contribution in [2.75, 3.05) is 5.32 Å². The third-order valence-electron chi connectivity index (χ3n) is 2.66. The van der Waals surface area contributed by atoms with Crippen LogP contribution in [0.3, 0.4) is 0 Å². The van der Waals surface area contributed by atoms with Gasteiger partial charge >= 0.3 is 0 Å². The number of pyridine rings is 1. The number of nitrogens with one attached hydrogen (secondary N) is 2. The lowest BCUT2D eigenvalue weighted by molar-refractivity contribution is -0.116. The van der Waals surface area contributed by atoms with Crippen LogP contribution in [0.4, 0.5) is 10.1 Å². The molecule has 0 saturated heterocycles. The molecular weight excluding hydrogens is 301 g/mol. The van der Waals surface area contributed by atoms with Gasteiger partial charge in [-0.2, -0.15) is 0 Å². The fourth-order valence-electron chi connectivity index (χ4n) is 1.59. The molecule has 2 N–H and O–H groups in total. The highest BCUT2D eigenvalue weighted by atomic mass is 19.1. The summed E-state index contributed by atoms with van der Waals surface area (Å²) < 4.78 is 12.7. The van der Waals surface area contributed by atoms with Gasteiger partial charge in [-0.1, -0.05) is 0 Å². The van der Waals surface area contributed by atoms with Gasteiger partial charge in [0.2, 0.25) is 5.91 Å². The Morgan fingerprint density at radius 1 is 1.00 bits per heavy atom. The Kier molecular flexibility index (Phi) is 5.30. The summed E-state index contributed by atoms with van der Waals surface area (Å²) in [6.45, 7) is 0. The first-order valence-electron chi connectivity index (χ1n) is 6.54. The van der Waals surface area contributed by atoms with Gasteiger partial charge in [-0.05, 0) is 36.4 Å². The van der Waals surface area contributed by atoms with Crippen molar-refractivity contribution in [2.24, 2.45) is 0 Å². The smallest absolute Gasteiger partial charge is 0.259 e. The summed E-state index contributed by atoms with van der Waals surface area (Å²) in [6.07, 6.45) is 4.70. The minimum absolute atomic E-state index is 0.227. The quantitative estimate of drug-likeness (QED) is 0.841. The Labute approximate surface area is 131 Å². The first kappa shape index (κ1) is 16.0. The molecule has 1 aromatic heterocycles. The van der Waals surface area contributed by atoms with Crippen molar-refractivity contribution >= 4 is 23.4 Å². The molecule has 0 aliphatic carbocycles. The van der Waals surface area contributed by atoms with Crippen LogP contribution >= 0.6 is 0 Å². The van der Waals surface area contributed by atoms with Crippen LogP contribution in [0.5, 0.6) is 0 Å². The lowest BCUT2D eigenvalue weighted by atomic mass is 10.2. The van der Waals surface area contributed by atoms with E-state index in [4.69, 9.17) is 0 Å². The number of amides is 3. The normalized spacial score (nSPS) is 10.3. The highest BCUT2D eigenvalue weighted by Crippen LogP contribution is 2.07. The molecule has 116 valence electrons. The van der Waals surface area contributed by atoms with Crippen LogP contribution in [-0.4, -0.2) is 22.7 Å². The number of hydrogen-bond acceptors (Lipinski definition) is 4. The monoisotopic (exact) mass is 313 g/mol. The summed E-state index contributed by atoms with van der Waals surface area (Å²) in [5.41, 5.74) is 0.609. The predicted molar refractivity (Wildman–Crippen MR) is 80.9 cm³/mol. The second kappa shape index (κ2) is 7.60. The Balaban J connectivity index is 1.86. The molecule has 0 radical (unpaired) electrons. The average molecular weight is 313 g/mol. The number of halogens is 1. The Bertz CT molecular complexity index is 743. The SMILES string of the molecule is O=C(/C=C\C(=O)Nc1ccc(F)cc1)NC(=O)c1cccnc1. The maximum Gasteiger partial charge on any atom is 0.259 e. The zero-order valence-electron chi connectivity index (χ0n) is 11.8. The van der Waals surface area contributed by atoms with Crippen molar-refractivity contribution < 1.29 is 18.8 Å². The van der Waals surface area contributed by atoms with E-state index in [-0.39, 0.29) is 5.56 Å². The molecule has 0 spiro atoms. The maximum atomic E-state index is 12.7. The number of anilines is 1. The zero-order chi connectivity index (χ0) is 16.7. The van der Waals surface area contributed by atoms with Crippen molar-refractivity contribution in [3.8, 4) is 0 Å². The van der Waals surface area contributed by atoms with Gasteiger partial charge in [-0.15, -0.1) is 0 Å². The molecule has 0 saturated carbocycles. The van der Waals surface area contributed by atoms with Crippen LogP contribution in [-0.2, 0) is 9.59 Å². The lowest BCUT2D eigenvalue weighted by Crippen LogP contribution is -2.29. The summed E-state index contributed by atoms with van der Waals surface area (Å²) in [7, 11) is 0. The first-order chi connectivity index (χ1) is 11.0. The fourth-order valence-corrected chi connectivity index (χ4v) is 1.59. The van der Waals surface area contributed by atoms with Crippen LogP contribution in [0.1, 0.15) is 10.4 Å². The van der Waals surface area contributed by atoms with E-state index in [1.807, 2.05) is 0 Å². The highest BCUT2D eigenvalue weighted by molar-refractivity contribution is 6.10. The van der Waals surface area contributed by atoms with Crippen LogP contribution in [0.15, 0.2) is 60.9 Å². The van der Waals surface area contributed by atoms with E-state index >= 15 is 0 Å². The van der Waals surface area contributed by atoms with Gasteiger partial charge in [0, 0.05) is 30.2 Å². The van der Waals surface area contributed by atoms with Crippen molar-refractivity contribution in [1.82, 2.24) is 10.3 Å². The van der Waals surface area contributed by atoms with E-state index in [0.29, 0.717) is 5.69 Å². The molecule has 6 nitrogen and oxygen atoms in total. The number of imide groups is 1. The summed E-state index contributed by atoms with van der Waals surface area (Å²) in [5, 5.41) is 4.53. The Morgan fingerprint density at radius 2 is 1.70 bits per heavy atom. The molecular formula is C16H12FN3O3. The van der Waals surface area contributed by atoms with E-state index in [1.165, 1.54) is 42.7 Å². The molecule has 7 heteroatoms. The molecule has 2 rings (SSSR count). The summed E-state index contributed by atoms with van der Waals surface area (Å²) in [4.78, 5) is 38.6. The molecule has 2 aromatic rings.